The van der Waals surface area contributed by atoms with E-state index in [1.54, 1.807) is 4.90 Å². The molecule has 3 N–H and O–H groups in total. The molecule has 7 nitrogen and oxygen atoms in total. The van der Waals surface area contributed by atoms with E-state index in [0.29, 0.717) is 18.4 Å². The van der Waals surface area contributed by atoms with Crippen LogP contribution in [0.1, 0.15) is 86.1 Å². The van der Waals surface area contributed by atoms with Crippen LogP contribution in [0.5, 0.6) is 5.75 Å². The molecule has 1 aliphatic carbocycles. The molecule has 1 saturated heterocycles. The second-order valence-electron chi connectivity index (χ2n) is 10.9. The molecule has 2 heterocycles. The van der Waals surface area contributed by atoms with E-state index in [-0.39, 0.29) is 35.5 Å². The summed E-state index contributed by atoms with van der Waals surface area (Å²) in [6.45, 7) is 7.92. The Morgan fingerprint density at radius 3 is 2.68 bits per heavy atom. The molecule has 2 amide bonds. The fourth-order valence-corrected chi connectivity index (χ4v) is 5.51. The van der Waals surface area contributed by atoms with E-state index in [9.17, 15) is 9.59 Å². The Bertz CT molecular complexity index is 1170. The van der Waals surface area contributed by atoms with Gasteiger partial charge in [-0.2, -0.15) is 0 Å². The standard InChI is InChI=1S/C27H32N4O3/c1-26(2)15-23(32)31(25(28)30-26)21-12-11-16-9-10-17(13-19(16)21)24(33)29-20-14-27(3,4)34-22-8-6-5-7-18(20)22/h5-10,13,20-21H,11-12,14-15H2,1-4H3,(H2,28,30)(H,29,33)/t20-,21+/m0/s1. The van der Waals surface area contributed by atoms with Crippen molar-refractivity contribution in [2.24, 2.45) is 0 Å². The van der Waals surface area contributed by atoms with Crippen LogP contribution in [0.25, 0.3) is 0 Å². The number of amides is 2. The number of rotatable bonds is 3. The summed E-state index contributed by atoms with van der Waals surface area (Å²) in [7, 11) is 0. The first-order valence-electron chi connectivity index (χ1n) is 11.9. The summed E-state index contributed by atoms with van der Waals surface area (Å²) in [5.41, 5.74) is 2.82. The Hall–Kier alpha value is -3.35. The second-order valence-corrected chi connectivity index (χ2v) is 10.9. The fourth-order valence-electron chi connectivity index (χ4n) is 5.51. The van der Waals surface area contributed by atoms with Crippen LogP contribution >= 0.6 is 0 Å². The molecule has 0 unspecified atom stereocenters. The van der Waals surface area contributed by atoms with Gasteiger partial charge in [0, 0.05) is 29.5 Å². The van der Waals surface area contributed by atoms with Crippen LogP contribution in [0.15, 0.2) is 42.5 Å². The predicted octanol–water partition coefficient (Wildman–Crippen LogP) is 4.24. The van der Waals surface area contributed by atoms with Crippen LogP contribution < -0.4 is 15.4 Å². The van der Waals surface area contributed by atoms with Gasteiger partial charge < -0.3 is 15.4 Å². The number of hydrogen-bond donors (Lipinski definition) is 3. The number of para-hydroxylation sites is 1. The highest BCUT2D eigenvalue weighted by Crippen LogP contribution is 2.40. The van der Waals surface area contributed by atoms with Gasteiger partial charge in [-0.25, -0.2) is 0 Å². The van der Waals surface area contributed by atoms with Crippen LogP contribution in [-0.2, 0) is 11.2 Å². The Labute approximate surface area is 200 Å². The molecule has 2 atom stereocenters. The average molecular weight is 461 g/mol. The molecule has 7 heteroatoms. The van der Waals surface area contributed by atoms with Gasteiger partial charge in [-0.3, -0.25) is 19.9 Å². The van der Waals surface area contributed by atoms with Gasteiger partial charge in [0.05, 0.1) is 12.1 Å². The van der Waals surface area contributed by atoms with Gasteiger partial charge in [-0.1, -0.05) is 24.3 Å². The molecular formula is C27H32N4O3. The SMILES string of the molecule is CC1(C)CC(=O)N([C@@H]2CCc3ccc(C(=O)N[C@H]4CC(C)(C)Oc5ccccc54)cc32)C(=N)N1. The zero-order valence-electron chi connectivity index (χ0n) is 20.2. The Kier molecular flexibility index (Phi) is 5.19. The van der Waals surface area contributed by atoms with Gasteiger partial charge in [-0.05, 0) is 69.9 Å². The van der Waals surface area contributed by atoms with Crippen LogP contribution in [0.4, 0.5) is 0 Å². The van der Waals surface area contributed by atoms with Gasteiger partial charge in [0.1, 0.15) is 11.4 Å². The maximum absolute atomic E-state index is 13.3. The van der Waals surface area contributed by atoms with Crippen LogP contribution in [0, 0.1) is 5.41 Å². The minimum Gasteiger partial charge on any atom is -0.487 e. The number of carbonyl (C=O) groups excluding carboxylic acids is 2. The summed E-state index contributed by atoms with van der Waals surface area (Å²) in [5.74, 6) is 0.735. The number of benzene rings is 2. The third-order valence-electron chi connectivity index (χ3n) is 7.01. The molecule has 0 radical (unpaired) electrons. The first-order valence-corrected chi connectivity index (χ1v) is 11.9. The fraction of sp³-hybridized carbons (Fsp3) is 0.444. The van der Waals surface area contributed by atoms with Crippen molar-refractivity contribution in [2.75, 3.05) is 0 Å². The van der Waals surface area contributed by atoms with Crippen molar-refractivity contribution >= 4 is 17.8 Å². The topological polar surface area (TPSA) is 94.5 Å². The lowest BCUT2D eigenvalue weighted by molar-refractivity contribution is -0.132. The summed E-state index contributed by atoms with van der Waals surface area (Å²) in [6.07, 6.45) is 2.58. The number of fused-ring (bicyclic) bond motifs is 2. The molecule has 0 bridgehead atoms. The van der Waals surface area contributed by atoms with Gasteiger partial charge >= 0.3 is 0 Å². The molecule has 0 aromatic heterocycles. The van der Waals surface area contributed by atoms with E-state index in [4.69, 9.17) is 10.1 Å². The highest BCUT2D eigenvalue weighted by atomic mass is 16.5. The van der Waals surface area contributed by atoms with E-state index in [0.717, 1.165) is 35.3 Å². The summed E-state index contributed by atoms with van der Waals surface area (Å²) < 4.78 is 6.10. The average Bonchev–Trinajstić information content (AvgIpc) is 3.14. The number of aryl methyl sites for hydroxylation is 1. The molecule has 2 aliphatic heterocycles. The van der Waals surface area contributed by atoms with Crippen molar-refractivity contribution in [3.05, 3.63) is 64.7 Å². The quantitative estimate of drug-likeness (QED) is 0.639. The molecular weight excluding hydrogens is 428 g/mol. The first-order chi connectivity index (χ1) is 16.0. The predicted molar refractivity (Wildman–Crippen MR) is 130 cm³/mol. The monoisotopic (exact) mass is 460 g/mol. The smallest absolute Gasteiger partial charge is 0.251 e. The van der Waals surface area contributed by atoms with Crippen molar-refractivity contribution in [3.8, 4) is 5.75 Å². The summed E-state index contributed by atoms with van der Waals surface area (Å²) >= 11 is 0. The molecule has 0 spiro atoms. The number of nitrogens with one attached hydrogen (secondary N) is 3. The zero-order valence-corrected chi connectivity index (χ0v) is 20.2. The molecule has 2 aromatic rings. The second kappa shape index (κ2) is 7.86. The summed E-state index contributed by atoms with van der Waals surface area (Å²) in [4.78, 5) is 27.8. The summed E-state index contributed by atoms with van der Waals surface area (Å²) in [5, 5.41) is 14.8. The number of hydrogen-bond acceptors (Lipinski definition) is 4. The van der Waals surface area contributed by atoms with Crippen molar-refractivity contribution in [2.45, 2.75) is 76.6 Å². The number of nitrogens with zero attached hydrogens (tertiary/aromatic N) is 1. The Morgan fingerprint density at radius 1 is 1.15 bits per heavy atom. The summed E-state index contributed by atoms with van der Waals surface area (Å²) in [6, 6.07) is 13.2. The lowest BCUT2D eigenvalue weighted by Gasteiger charge is -2.41. The van der Waals surface area contributed by atoms with Crippen LogP contribution in [0.3, 0.4) is 0 Å². The lowest BCUT2D eigenvalue weighted by atomic mass is 9.89. The molecule has 2 aromatic carbocycles. The normalized spacial score (nSPS) is 24.5. The third kappa shape index (κ3) is 4.04. The van der Waals surface area contributed by atoms with E-state index in [1.165, 1.54) is 0 Å². The number of carbonyl (C=O) groups is 2. The maximum Gasteiger partial charge on any atom is 0.251 e. The molecule has 34 heavy (non-hydrogen) atoms. The highest BCUT2D eigenvalue weighted by molar-refractivity contribution is 6.00. The van der Waals surface area contributed by atoms with E-state index in [1.807, 2.05) is 70.2 Å². The molecule has 0 saturated carbocycles. The highest BCUT2D eigenvalue weighted by Gasteiger charge is 2.41. The molecule has 1 fully saturated rings. The Balaban J connectivity index is 1.40. The van der Waals surface area contributed by atoms with Gasteiger partial charge in [-0.15, -0.1) is 0 Å². The third-order valence-corrected chi connectivity index (χ3v) is 7.01. The van der Waals surface area contributed by atoms with Crippen molar-refractivity contribution in [1.29, 1.82) is 5.41 Å². The van der Waals surface area contributed by atoms with E-state index in [2.05, 4.69) is 10.6 Å². The van der Waals surface area contributed by atoms with Gasteiger partial charge in [0.2, 0.25) is 5.91 Å². The maximum atomic E-state index is 13.3. The van der Waals surface area contributed by atoms with Crippen LogP contribution in [-0.4, -0.2) is 33.8 Å². The van der Waals surface area contributed by atoms with Gasteiger partial charge in [0.25, 0.3) is 5.91 Å². The van der Waals surface area contributed by atoms with Crippen molar-refractivity contribution < 1.29 is 14.3 Å². The minimum atomic E-state index is -0.429. The van der Waals surface area contributed by atoms with E-state index >= 15 is 0 Å². The lowest BCUT2D eigenvalue weighted by Crippen LogP contribution is -2.60. The molecule has 5 rings (SSSR count). The van der Waals surface area contributed by atoms with Gasteiger partial charge in [0.15, 0.2) is 5.96 Å². The Morgan fingerprint density at radius 2 is 1.91 bits per heavy atom. The van der Waals surface area contributed by atoms with Crippen LogP contribution in [0.2, 0.25) is 0 Å². The number of guanidine groups is 1. The first kappa shape index (κ1) is 22.4. The molecule has 3 aliphatic rings. The minimum absolute atomic E-state index is 0.0532. The number of ether oxygens (including phenoxy) is 1. The van der Waals surface area contributed by atoms with Crippen molar-refractivity contribution in [3.63, 3.8) is 0 Å². The largest absolute Gasteiger partial charge is 0.487 e. The zero-order chi connectivity index (χ0) is 24.3. The van der Waals surface area contributed by atoms with E-state index < -0.39 is 5.54 Å². The van der Waals surface area contributed by atoms with Crippen molar-refractivity contribution in [1.82, 2.24) is 15.5 Å². The molecule has 178 valence electrons.